The van der Waals surface area contributed by atoms with Gasteiger partial charge < -0.3 is 23.8 Å². The Kier molecular flexibility index (Phi) is 6.68. The molecule has 6 heteroatoms. The fourth-order valence-corrected chi connectivity index (χ4v) is 4.08. The molecule has 2 heterocycles. The second-order valence-electron chi connectivity index (χ2n) is 9.43. The van der Waals surface area contributed by atoms with Gasteiger partial charge in [0.25, 0.3) is 5.91 Å². The zero-order valence-corrected chi connectivity index (χ0v) is 20.5. The fraction of sp³-hybridized carbons (Fsp3) is 0.321. The van der Waals surface area contributed by atoms with E-state index in [1.165, 1.54) is 5.56 Å². The molecular formula is C28H32N2O4. The third-order valence-electron chi connectivity index (χ3n) is 6.06. The number of amides is 1. The summed E-state index contributed by atoms with van der Waals surface area (Å²) in [6.07, 6.45) is 2.33. The van der Waals surface area contributed by atoms with Crippen LogP contribution < -0.4 is 14.8 Å². The first-order valence-corrected chi connectivity index (χ1v) is 11.5. The van der Waals surface area contributed by atoms with Gasteiger partial charge in [-0.1, -0.05) is 51.1 Å². The molecule has 0 spiro atoms. The van der Waals surface area contributed by atoms with Crippen LogP contribution in [0.3, 0.4) is 0 Å². The lowest BCUT2D eigenvalue weighted by Gasteiger charge is -2.19. The molecule has 0 bridgehead atoms. The molecule has 0 aliphatic heterocycles. The molecule has 0 fully saturated rings. The van der Waals surface area contributed by atoms with Crippen LogP contribution in [0.25, 0.3) is 11.1 Å². The van der Waals surface area contributed by atoms with Crippen LogP contribution >= 0.6 is 0 Å². The first kappa shape index (κ1) is 23.5. The smallest absolute Gasteiger partial charge is 0.268 e. The molecule has 0 radical (unpaired) electrons. The minimum Gasteiger partial charge on any atom is -0.493 e. The Labute approximate surface area is 200 Å². The van der Waals surface area contributed by atoms with E-state index in [1.54, 1.807) is 20.5 Å². The van der Waals surface area contributed by atoms with Crippen LogP contribution in [0.2, 0.25) is 0 Å². The lowest BCUT2D eigenvalue weighted by atomic mass is 9.87. The van der Waals surface area contributed by atoms with Gasteiger partial charge in [-0.05, 0) is 40.7 Å². The van der Waals surface area contributed by atoms with Gasteiger partial charge in [0.05, 0.1) is 26.0 Å². The summed E-state index contributed by atoms with van der Waals surface area (Å²) in [5, 5.41) is 3.05. The van der Waals surface area contributed by atoms with Gasteiger partial charge in [-0.15, -0.1) is 0 Å². The molecule has 1 amide bonds. The molecule has 4 aromatic rings. The van der Waals surface area contributed by atoms with Gasteiger partial charge in [-0.2, -0.15) is 0 Å². The van der Waals surface area contributed by atoms with Crippen molar-refractivity contribution < 1.29 is 18.7 Å². The van der Waals surface area contributed by atoms with Crippen molar-refractivity contribution in [3.8, 4) is 11.5 Å². The summed E-state index contributed by atoms with van der Waals surface area (Å²) >= 11 is 0. The topological polar surface area (TPSA) is 65.6 Å². The van der Waals surface area contributed by atoms with E-state index in [-0.39, 0.29) is 11.3 Å². The molecular weight excluding hydrogens is 428 g/mol. The average molecular weight is 461 g/mol. The summed E-state index contributed by atoms with van der Waals surface area (Å²) in [5.41, 5.74) is 5.77. The van der Waals surface area contributed by atoms with E-state index >= 15 is 0 Å². The van der Waals surface area contributed by atoms with Gasteiger partial charge in [0.2, 0.25) is 0 Å². The fourth-order valence-electron chi connectivity index (χ4n) is 4.08. The number of fused-ring (bicyclic) bond motifs is 1. The number of carbonyl (C=O) groups is 1. The summed E-state index contributed by atoms with van der Waals surface area (Å²) in [4.78, 5) is 13.1. The highest BCUT2D eigenvalue weighted by Crippen LogP contribution is 2.28. The molecule has 0 aliphatic rings. The van der Waals surface area contributed by atoms with Crippen molar-refractivity contribution in [2.75, 3.05) is 20.8 Å². The van der Waals surface area contributed by atoms with Gasteiger partial charge in [-0.3, -0.25) is 4.79 Å². The summed E-state index contributed by atoms with van der Waals surface area (Å²) in [6.45, 7) is 7.70. The van der Waals surface area contributed by atoms with Crippen LogP contribution in [-0.4, -0.2) is 31.2 Å². The second-order valence-corrected chi connectivity index (χ2v) is 9.43. The van der Waals surface area contributed by atoms with Crippen LogP contribution in [0.5, 0.6) is 11.5 Å². The molecule has 178 valence electrons. The number of benzene rings is 2. The lowest BCUT2D eigenvalue weighted by molar-refractivity contribution is 0.0945. The summed E-state index contributed by atoms with van der Waals surface area (Å²) < 4.78 is 18.3. The predicted octanol–water partition coefficient (Wildman–Crippen LogP) is 5.57. The van der Waals surface area contributed by atoms with Gasteiger partial charge in [-0.25, -0.2) is 0 Å². The number of rotatable bonds is 8. The van der Waals surface area contributed by atoms with E-state index in [2.05, 4.69) is 50.4 Å². The molecule has 0 unspecified atom stereocenters. The van der Waals surface area contributed by atoms with Gasteiger partial charge in [0, 0.05) is 25.2 Å². The zero-order valence-electron chi connectivity index (χ0n) is 20.5. The number of nitrogens with one attached hydrogen (secondary N) is 1. The Morgan fingerprint density at radius 1 is 0.941 bits per heavy atom. The average Bonchev–Trinajstić information content (AvgIpc) is 3.41. The minimum absolute atomic E-state index is 0.1000. The van der Waals surface area contributed by atoms with Crippen molar-refractivity contribution in [1.29, 1.82) is 0 Å². The van der Waals surface area contributed by atoms with Gasteiger partial charge in [0.1, 0.15) is 5.69 Å². The highest BCUT2D eigenvalue weighted by molar-refractivity contribution is 5.97. The van der Waals surface area contributed by atoms with Crippen molar-refractivity contribution in [2.24, 2.45) is 0 Å². The van der Waals surface area contributed by atoms with Crippen LogP contribution in [0.4, 0.5) is 0 Å². The first-order valence-electron chi connectivity index (χ1n) is 11.5. The van der Waals surface area contributed by atoms with Crippen LogP contribution in [0.1, 0.15) is 48.0 Å². The summed E-state index contributed by atoms with van der Waals surface area (Å²) in [7, 11) is 3.23. The number of carbonyl (C=O) groups excluding carboxylic acids is 1. The number of nitrogens with zero attached hydrogens (tertiary/aromatic N) is 1. The molecule has 4 rings (SSSR count). The Hall–Kier alpha value is -3.67. The van der Waals surface area contributed by atoms with Crippen molar-refractivity contribution in [3.05, 3.63) is 83.2 Å². The Morgan fingerprint density at radius 3 is 2.32 bits per heavy atom. The maximum atomic E-state index is 13.1. The first-order chi connectivity index (χ1) is 16.3. The molecule has 6 nitrogen and oxygen atoms in total. The number of aromatic nitrogens is 1. The number of hydrogen-bond acceptors (Lipinski definition) is 4. The van der Waals surface area contributed by atoms with Crippen LogP contribution in [0, 0.1) is 0 Å². The standard InChI is InChI=1S/C28H32N2O4/c1-28(2,3)21-9-6-20(7-10-21)18-30-22-13-15-34-25(22)17-23(30)27(31)29-14-12-19-8-11-24(32-4)26(16-19)33-5/h6-11,13,15-17H,12,14,18H2,1-5H3,(H,29,31). The predicted molar refractivity (Wildman–Crippen MR) is 134 cm³/mol. The van der Waals surface area contributed by atoms with Gasteiger partial charge in [0.15, 0.2) is 17.1 Å². The molecule has 0 saturated heterocycles. The number of methoxy groups -OCH3 is 2. The zero-order chi connectivity index (χ0) is 24.3. The molecule has 2 aromatic carbocycles. The third-order valence-corrected chi connectivity index (χ3v) is 6.06. The number of ether oxygens (including phenoxy) is 2. The molecule has 0 aliphatic carbocycles. The number of furan rings is 1. The van der Waals surface area contributed by atoms with E-state index in [0.717, 1.165) is 16.6 Å². The second kappa shape index (κ2) is 9.67. The molecule has 0 atom stereocenters. The normalized spacial score (nSPS) is 11.6. The minimum atomic E-state index is -0.127. The maximum absolute atomic E-state index is 13.1. The largest absolute Gasteiger partial charge is 0.493 e. The van der Waals surface area contributed by atoms with Crippen LogP contribution in [-0.2, 0) is 18.4 Å². The van der Waals surface area contributed by atoms with E-state index in [4.69, 9.17) is 13.9 Å². The number of hydrogen-bond donors (Lipinski definition) is 1. The van der Waals surface area contributed by atoms with Crippen molar-refractivity contribution in [2.45, 2.75) is 39.2 Å². The summed E-state index contributed by atoms with van der Waals surface area (Å²) in [6, 6.07) is 18.1. The third kappa shape index (κ3) is 4.96. The quantitative estimate of drug-likeness (QED) is 0.373. The van der Waals surface area contributed by atoms with Crippen molar-refractivity contribution in [3.63, 3.8) is 0 Å². The molecule has 2 aromatic heterocycles. The van der Waals surface area contributed by atoms with E-state index in [1.807, 2.05) is 34.9 Å². The van der Waals surface area contributed by atoms with E-state index in [0.29, 0.717) is 42.3 Å². The van der Waals surface area contributed by atoms with Crippen LogP contribution in [0.15, 0.2) is 65.3 Å². The van der Waals surface area contributed by atoms with Crippen molar-refractivity contribution >= 4 is 17.0 Å². The summed E-state index contributed by atoms with van der Waals surface area (Å²) in [5.74, 6) is 1.24. The molecule has 1 N–H and O–H groups in total. The van der Waals surface area contributed by atoms with E-state index < -0.39 is 0 Å². The Bertz CT molecular complexity index is 1280. The molecule has 34 heavy (non-hydrogen) atoms. The Balaban J connectivity index is 1.48. The monoisotopic (exact) mass is 460 g/mol. The lowest BCUT2D eigenvalue weighted by Crippen LogP contribution is -2.28. The highest BCUT2D eigenvalue weighted by atomic mass is 16.5. The molecule has 0 saturated carbocycles. The SMILES string of the molecule is COc1ccc(CCNC(=O)c2cc3occc3n2Cc2ccc(C(C)(C)C)cc2)cc1OC. The highest BCUT2D eigenvalue weighted by Gasteiger charge is 2.18. The Morgan fingerprint density at radius 2 is 1.65 bits per heavy atom. The van der Waals surface area contributed by atoms with E-state index in [9.17, 15) is 4.79 Å². The maximum Gasteiger partial charge on any atom is 0.268 e. The van der Waals surface area contributed by atoms with Crippen molar-refractivity contribution in [1.82, 2.24) is 9.88 Å². The van der Waals surface area contributed by atoms with Gasteiger partial charge >= 0.3 is 0 Å².